The number of nitrogens with zero attached hydrogens (tertiary/aromatic N) is 1. The van der Waals surface area contributed by atoms with Gasteiger partial charge in [0.2, 0.25) is 0 Å². The smallest absolute Gasteiger partial charge is 0.291 e. The van der Waals surface area contributed by atoms with Crippen LogP contribution in [0, 0.1) is 10.1 Å². The van der Waals surface area contributed by atoms with Crippen LogP contribution in [0.3, 0.4) is 0 Å². The maximum Gasteiger partial charge on any atom is 0.291 e. The van der Waals surface area contributed by atoms with Crippen LogP contribution in [0.1, 0.15) is 0 Å². The van der Waals surface area contributed by atoms with E-state index in [2.05, 4.69) is 0 Å². The number of rotatable bonds is 0. The van der Waals surface area contributed by atoms with Crippen molar-refractivity contribution < 1.29 is 59.5 Å². The quantitative estimate of drug-likeness (QED) is 0.263. The van der Waals surface area contributed by atoms with Crippen LogP contribution in [0.4, 0.5) is 0 Å². The summed E-state index contributed by atoms with van der Waals surface area (Å²) in [5.41, 5.74) is 0. The van der Waals surface area contributed by atoms with Gasteiger partial charge in [-0.15, -0.1) is 10.1 Å². The van der Waals surface area contributed by atoms with Crippen molar-refractivity contribution in [2.24, 2.45) is 0 Å². The molecule has 0 heterocycles. The summed E-state index contributed by atoms with van der Waals surface area (Å²) in [5.74, 6) is 0. The minimum absolute atomic E-state index is 0. The van der Waals surface area contributed by atoms with Crippen molar-refractivity contribution in [1.82, 2.24) is 0 Å². The van der Waals surface area contributed by atoms with Crippen LogP contribution < -0.4 is 0 Å². The summed E-state index contributed by atoms with van der Waals surface area (Å²) in [6.07, 6.45) is 0. The molecular formula is H9CdNO7. The van der Waals surface area contributed by atoms with E-state index in [1.165, 1.54) is 0 Å². The van der Waals surface area contributed by atoms with Crippen LogP contribution in [0.25, 0.3) is 0 Å². The fourth-order valence-electron chi connectivity index (χ4n) is 0. The maximum atomic E-state index is 8.36. The molecule has 0 amide bonds. The summed E-state index contributed by atoms with van der Waals surface area (Å²) in [5, 5.41) is 13.6. The van der Waals surface area contributed by atoms with Crippen LogP contribution in [-0.2, 0) is 27.3 Å². The Morgan fingerprint density at radius 2 is 1.11 bits per heavy atom. The fourth-order valence-corrected chi connectivity index (χ4v) is 0. The summed E-state index contributed by atoms with van der Waals surface area (Å²) in [6.45, 7) is 0. The van der Waals surface area contributed by atoms with E-state index in [-0.39, 0.29) is 49.2 Å². The molecule has 0 saturated heterocycles. The number of hydrogen-bond donors (Lipinski definition) is 1. The summed E-state index contributed by atoms with van der Waals surface area (Å²) in [4.78, 5) is 8.36. The van der Waals surface area contributed by atoms with Gasteiger partial charge in [-0.25, -0.2) is 0 Å². The minimum Gasteiger partial charge on any atom is -0.412 e. The zero-order chi connectivity index (χ0) is 3.58. The third-order valence-electron chi connectivity index (χ3n) is 0. The van der Waals surface area contributed by atoms with Crippen molar-refractivity contribution in [3.63, 3.8) is 0 Å². The van der Waals surface area contributed by atoms with E-state index < -0.39 is 5.09 Å². The van der Waals surface area contributed by atoms with Gasteiger partial charge in [-0.05, 0) is 0 Å². The first-order valence-corrected chi connectivity index (χ1v) is 0.565. The fraction of sp³-hybridized carbons (Fsp3) is 0. The van der Waals surface area contributed by atoms with Gasteiger partial charge in [0.25, 0.3) is 5.09 Å². The molecule has 0 spiro atoms. The van der Waals surface area contributed by atoms with Crippen LogP contribution >= 0.6 is 0 Å². The molecule has 9 N–H and O–H groups in total. The van der Waals surface area contributed by atoms with Gasteiger partial charge in [0.1, 0.15) is 0 Å². The summed E-state index contributed by atoms with van der Waals surface area (Å²) in [7, 11) is 0. The van der Waals surface area contributed by atoms with E-state index in [0.29, 0.717) is 0 Å². The van der Waals surface area contributed by atoms with Gasteiger partial charge in [0, 0.05) is 27.3 Å². The second kappa shape index (κ2) is 44.0. The predicted octanol–water partition coefficient (Wildman–Crippen LogP) is -3.65. The van der Waals surface area contributed by atoms with Crippen LogP contribution in [0.2, 0.25) is 0 Å². The third-order valence-corrected chi connectivity index (χ3v) is 0. The Labute approximate surface area is 70.0 Å². The summed E-state index contributed by atoms with van der Waals surface area (Å²) >= 11 is 0. The first kappa shape index (κ1) is 64.8. The van der Waals surface area contributed by atoms with Gasteiger partial charge in [0.15, 0.2) is 0 Å². The Morgan fingerprint density at radius 3 is 1.11 bits per heavy atom. The maximum absolute atomic E-state index is 8.36. The van der Waals surface area contributed by atoms with E-state index in [1.807, 2.05) is 0 Å². The zero-order valence-electron chi connectivity index (χ0n) is 4.42. The third kappa shape index (κ3) is 197000. The van der Waals surface area contributed by atoms with Crippen molar-refractivity contribution in [2.45, 2.75) is 0 Å². The molecular weight excluding hydrogens is 238 g/mol. The average molecular weight is 247 g/mol. The predicted molar refractivity (Wildman–Crippen MR) is 23.2 cm³/mol. The molecule has 0 aromatic heterocycles. The molecule has 0 aromatic carbocycles. The number of hydrogen-bond acceptors (Lipinski definition) is 2. The van der Waals surface area contributed by atoms with E-state index in [0.717, 1.165) is 0 Å². The Morgan fingerprint density at radius 1 is 1.11 bits per heavy atom. The van der Waals surface area contributed by atoms with E-state index in [4.69, 9.17) is 15.3 Å². The first-order valence-electron chi connectivity index (χ1n) is 0.565. The molecule has 58 valence electrons. The topological polar surface area (TPSA) is 189 Å². The molecule has 8 nitrogen and oxygen atoms in total. The van der Waals surface area contributed by atoms with Crippen molar-refractivity contribution in [3.8, 4) is 0 Å². The molecule has 0 bridgehead atoms. The second-order valence-electron chi connectivity index (χ2n) is 0.238. The minimum atomic E-state index is -1.50. The second-order valence-corrected chi connectivity index (χ2v) is 0.238. The molecule has 0 aliphatic carbocycles. The van der Waals surface area contributed by atoms with Crippen molar-refractivity contribution in [2.75, 3.05) is 0 Å². The largest absolute Gasteiger partial charge is 0.412 e. The Kier molecular flexibility index (Phi) is 316. The van der Waals surface area contributed by atoms with Crippen molar-refractivity contribution in [1.29, 1.82) is 0 Å². The van der Waals surface area contributed by atoms with Gasteiger partial charge >= 0.3 is 0 Å². The van der Waals surface area contributed by atoms with Gasteiger partial charge in [-0.2, -0.15) is 0 Å². The monoisotopic (exact) mass is 249 g/mol. The summed E-state index contributed by atoms with van der Waals surface area (Å²) < 4.78 is 0. The van der Waals surface area contributed by atoms with Crippen LogP contribution in [0.5, 0.6) is 0 Å². The molecule has 0 aliphatic heterocycles. The first-order chi connectivity index (χ1) is 1.73. The van der Waals surface area contributed by atoms with E-state index >= 15 is 0 Å². The normalized spacial score (nSPS) is 2.67. The van der Waals surface area contributed by atoms with Gasteiger partial charge in [0.05, 0.1) is 0 Å². The molecule has 0 rings (SSSR count). The molecule has 0 unspecified atom stereocenters. The molecule has 0 aromatic rings. The molecule has 0 saturated carbocycles. The molecule has 9 heteroatoms. The molecule has 0 atom stereocenters. The Bertz CT molecular complexity index is 31.9. The molecule has 0 fully saturated rings. The zero-order valence-corrected chi connectivity index (χ0v) is 8.45. The van der Waals surface area contributed by atoms with Crippen molar-refractivity contribution in [3.05, 3.63) is 10.1 Å². The van der Waals surface area contributed by atoms with Crippen LogP contribution in [-0.4, -0.2) is 32.2 Å². The van der Waals surface area contributed by atoms with Crippen molar-refractivity contribution >= 4 is 0 Å². The molecule has 9 heavy (non-hydrogen) atoms. The van der Waals surface area contributed by atoms with E-state index in [9.17, 15) is 0 Å². The Hall–Kier alpha value is -0.0379. The molecule has 0 radical (unpaired) electrons. The van der Waals surface area contributed by atoms with Crippen LogP contribution in [0.15, 0.2) is 0 Å². The van der Waals surface area contributed by atoms with Gasteiger partial charge < -0.3 is 27.1 Å². The Balaban J connectivity index is -0.00000000450. The average Bonchev–Trinajstić information content (AvgIpc) is 0.811. The summed E-state index contributed by atoms with van der Waals surface area (Å²) in [6, 6.07) is 0. The SMILES string of the molecule is O.O.O.O.O=[N+]([O-])O.[Cd]. The van der Waals surface area contributed by atoms with E-state index in [1.54, 1.807) is 0 Å². The standard InChI is InChI=1S/Cd.HNO3.4H2O/c;2-1(3)4;;;;/h;(H,2,3,4);4*1H2. The molecule has 0 aliphatic rings. The van der Waals surface area contributed by atoms with Gasteiger partial charge in [-0.1, -0.05) is 0 Å². The van der Waals surface area contributed by atoms with Gasteiger partial charge in [-0.3, -0.25) is 0 Å².